The maximum absolute atomic E-state index is 12.5. The van der Waals surface area contributed by atoms with Gasteiger partial charge in [-0.15, -0.1) is 0 Å². The van der Waals surface area contributed by atoms with Crippen LogP contribution in [0.2, 0.25) is 0 Å². The summed E-state index contributed by atoms with van der Waals surface area (Å²) in [5.41, 5.74) is 3.79. The van der Waals surface area contributed by atoms with Crippen molar-refractivity contribution in [1.82, 2.24) is 15.5 Å². The van der Waals surface area contributed by atoms with E-state index in [1.165, 1.54) is 11.1 Å². The highest BCUT2D eigenvalue weighted by atomic mass is 16.5. The van der Waals surface area contributed by atoms with Gasteiger partial charge in [-0.1, -0.05) is 31.2 Å². The van der Waals surface area contributed by atoms with Crippen molar-refractivity contribution < 1.29 is 14.3 Å². The van der Waals surface area contributed by atoms with Crippen molar-refractivity contribution >= 4 is 17.6 Å². The number of benzene rings is 2. The van der Waals surface area contributed by atoms with Gasteiger partial charge in [0.05, 0.1) is 12.1 Å². The van der Waals surface area contributed by atoms with Gasteiger partial charge in [0.15, 0.2) is 0 Å². The van der Waals surface area contributed by atoms with Gasteiger partial charge in [-0.2, -0.15) is 0 Å². The van der Waals surface area contributed by atoms with E-state index in [2.05, 4.69) is 52.0 Å². The predicted molar refractivity (Wildman–Crippen MR) is 116 cm³/mol. The Bertz CT molecular complexity index is 930. The topological polar surface area (TPSA) is 82.7 Å². The summed E-state index contributed by atoms with van der Waals surface area (Å²) in [7, 11) is 0. The smallest absolute Gasteiger partial charge is 0.319 e. The summed E-state index contributed by atoms with van der Waals surface area (Å²) in [5.74, 6) is 0.343. The average molecular weight is 409 g/mol. The van der Waals surface area contributed by atoms with E-state index < -0.39 is 0 Å². The fourth-order valence-electron chi connectivity index (χ4n) is 4.08. The molecule has 3 amide bonds. The van der Waals surface area contributed by atoms with E-state index in [0.717, 1.165) is 25.9 Å². The van der Waals surface area contributed by atoms with Gasteiger partial charge in [0.25, 0.3) is 5.91 Å². The zero-order valence-electron chi connectivity index (χ0n) is 17.2. The first kappa shape index (κ1) is 20.2. The number of ether oxygens (including phenoxy) is 1. The number of hydrogen-bond donors (Lipinski definition) is 3. The normalized spacial score (nSPS) is 16.9. The van der Waals surface area contributed by atoms with Crippen molar-refractivity contribution in [3.63, 3.8) is 0 Å². The second-order valence-electron chi connectivity index (χ2n) is 7.70. The van der Waals surface area contributed by atoms with Gasteiger partial charge in [0.1, 0.15) is 12.4 Å². The molecule has 0 saturated carbocycles. The van der Waals surface area contributed by atoms with Crippen LogP contribution in [0.15, 0.2) is 42.5 Å². The van der Waals surface area contributed by atoms with E-state index >= 15 is 0 Å². The zero-order chi connectivity index (χ0) is 20.9. The largest absolute Gasteiger partial charge is 0.491 e. The number of carbonyl (C=O) groups excluding carboxylic acids is 2. The molecule has 3 N–H and O–H groups in total. The summed E-state index contributed by atoms with van der Waals surface area (Å²) in [5, 5.41) is 8.59. The van der Waals surface area contributed by atoms with E-state index in [-0.39, 0.29) is 18.0 Å². The Labute approximate surface area is 176 Å². The van der Waals surface area contributed by atoms with Gasteiger partial charge < -0.3 is 20.7 Å². The highest BCUT2D eigenvalue weighted by Crippen LogP contribution is 2.24. The van der Waals surface area contributed by atoms with Crippen LogP contribution in [0.3, 0.4) is 0 Å². The Morgan fingerprint density at radius 2 is 2.07 bits per heavy atom. The second kappa shape index (κ2) is 9.17. The average Bonchev–Trinajstić information content (AvgIpc) is 2.95. The molecule has 0 fully saturated rings. The van der Waals surface area contributed by atoms with Gasteiger partial charge in [0.2, 0.25) is 0 Å². The zero-order valence-corrected chi connectivity index (χ0v) is 17.2. The van der Waals surface area contributed by atoms with E-state index in [9.17, 15) is 9.59 Å². The molecule has 0 bridgehead atoms. The molecule has 7 nitrogen and oxygen atoms in total. The highest BCUT2D eigenvalue weighted by molar-refractivity contribution is 5.99. The Morgan fingerprint density at radius 3 is 2.90 bits per heavy atom. The molecule has 158 valence electrons. The van der Waals surface area contributed by atoms with Crippen molar-refractivity contribution in [1.29, 1.82) is 0 Å². The minimum atomic E-state index is -0.277. The lowest BCUT2D eigenvalue weighted by Gasteiger charge is -2.35. The third-order valence-electron chi connectivity index (χ3n) is 5.77. The van der Waals surface area contributed by atoms with Crippen molar-refractivity contribution in [2.45, 2.75) is 32.4 Å². The number of urea groups is 1. The third kappa shape index (κ3) is 4.57. The summed E-state index contributed by atoms with van der Waals surface area (Å²) in [6.07, 6.45) is 2.00. The number of anilines is 1. The molecule has 2 aliphatic rings. The number of carbonyl (C=O) groups is 2. The lowest BCUT2D eigenvalue weighted by atomic mass is 9.98. The first-order valence-electron chi connectivity index (χ1n) is 10.5. The van der Waals surface area contributed by atoms with Gasteiger partial charge in [-0.25, -0.2) is 4.79 Å². The summed E-state index contributed by atoms with van der Waals surface area (Å²) in [6.45, 7) is 5.53. The first-order chi connectivity index (χ1) is 14.6. The van der Waals surface area contributed by atoms with E-state index in [1.54, 1.807) is 18.2 Å². The molecule has 0 aromatic heterocycles. The SMILES string of the molecule is CCC(CNC(=O)Nc1ccc2c(c1)C(=O)NCCO2)N1CCc2ccccc2C1. The summed E-state index contributed by atoms with van der Waals surface area (Å²) < 4.78 is 5.55. The molecule has 0 spiro atoms. The van der Waals surface area contributed by atoms with Crippen molar-refractivity contribution in [3.05, 3.63) is 59.2 Å². The quantitative estimate of drug-likeness (QED) is 0.711. The molecule has 30 heavy (non-hydrogen) atoms. The maximum atomic E-state index is 12.5. The Hall–Kier alpha value is -3.06. The number of fused-ring (bicyclic) bond motifs is 2. The van der Waals surface area contributed by atoms with E-state index in [4.69, 9.17) is 4.74 Å². The molecular weight excluding hydrogens is 380 g/mol. The monoisotopic (exact) mass is 408 g/mol. The minimum absolute atomic E-state index is 0.192. The molecule has 4 rings (SSSR count). The summed E-state index contributed by atoms with van der Waals surface area (Å²) in [6, 6.07) is 13.7. The molecule has 2 aromatic rings. The van der Waals surface area contributed by atoms with Crippen LogP contribution in [0, 0.1) is 0 Å². The van der Waals surface area contributed by atoms with Crippen molar-refractivity contribution in [3.8, 4) is 5.75 Å². The fraction of sp³-hybridized carbons (Fsp3) is 0.391. The van der Waals surface area contributed by atoms with Crippen LogP contribution in [0.25, 0.3) is 0 Å². The Morgan fingerprint density at radius 1 is 1.23 bits per heavy atom. The molecule has 0 saturated heterocycles. The van der Waals surface area contributed by atoms with Crippen LogP contribution in [0.1, 0.15) is 34.8 Å². The Kier molecular flexibility index (Phi) is 6.18. The van der Waals surface area contributed by atoms with Gasteiger partial charge in [0, 0.05) is 31.4 Å². The van der Waals surface area contributed by atoms with Gasteiger partial charge in [-0.3, -0.25) is 9.69 Å². The van der Waals surface area contributed by atoms with Crippen molar-refractivity contribution in [2.75, 3.05) is 31.6 Å². The predicted octanol–water partition coefficient (Wildman–Crippen LogP) is 2.77. The molecule has 2 heterocycles. The first-order valence-corrected chi connectivity index (χ1v) is 10.5. The van der Waals surface area contributed by atoms with Gasteiger partial charge >= 0.3 is 6.03 Å². The van der Waals surface area contributed by atoms with Crippen molar-refractivity contribution in [2.24, 2.45) is 0 Å². The van der Waals surface area contributed by atoms with E-state index in [0.29, 0.717) is 36.7 Å². The van der Waals surface area contributed by atoms with Crippen LogP contribution in [-0.4, -0.2) is 49.1 Å². The number of rotatable bonds is 5. The summed E-state index contributed by atoms with van der Waals surface area (Å²) in [4.78, 5) is 27.0. The number of hydrogen-bond acceptors (Lipinski definition) is 4. The standard InChI is InChI=1S/C23H28N4O3/c1-2-19(27-11-9-16-5-3-4-6-17(16)15-27)14-25-23(29)26-18-7-8-21-20(13-18)22(28)24-10-12-30-21/h3-8,13,19H,2,9-12,14-15H2,1H3,(H,24,28)(H2,25,26,29). The fourth-order valence-corrected chi connectivity index (χ4v) is 4.08. The molecule has 0 radical (unpaired) electrons. The van der Waals surface area contributed by atoms with E-state index in [1.807, 2.05) is 0 Å². The van der Waals surface area contributed by atoms with Crippen LogP contribution >= 0.6 is 0 Å². The summed E-state index contributed by atoms with van der Waals surface area (Å²) >= 11 is 0. The number of nitrogens with one attached hydrogen (secondary N) is 3. The van der Waals surface area contributed by atoms with Crippen LogP contribution < -0.4 is 20.7 Å². The lowest BCUT2D eigenvalue weighted by Crippen LogP contribution is -2.46. The van der Waals surface area contributed by atoms with Crippen LogP contribution in [0.5, 0.6) is 5.75 Å². The third-order valence-corrected chi connectivity index (χ3v) is 5.77. The van der Waals surface area contributed by atoms with Crippen LogP contribution in [-0.2, 0) is 13.0 Å². The molecule has 7 heteroatoms. The molecule has 0 aliphatic carbocycles. The molecular formula is C23H28N4O3. The second-order valence-corrected chi connectivity index (χ2v) is 7.70. The molecule has 2 aromatic carbocycles. The molecule has 1 unspecified atom stereocenters. The minimum Gasteiger partial charge on any atom is -0.491 e. The number of nitrogens with zero attached hydrogens (tertiary/aromatic N) is 1. The number of amides is 3. The Balaban J connectivity index is 1.33. The maximum Gasteiger partial charge on any atom is 0.319 e. The molecule has 1 atom stereocenters. The highest BCUT2D eigenvalue weighted by Gasteiger charge is 2.23. The van der Waals surface area contributed by atoms with Gasteiger partial charge in [-0.05, 0) is 42.2 Å². The van der Waals surface area contributed by atoms with Crippen LogP contribution in [0.4, 0.5) is 10.5 Å². The lowest BCUT2D eigenvalue weighted by molar-refractivity contribution is 0.0957. The molecule has 2 aliphatic heterocycles.